The van der Waals surface area contributed by atoms with Crippen molar-refractivity contribution in [2.45, 2.75) is 32.4 Å². The molecular weight excluding hydrogens is 346 g/mol. The van der Waals surface area contributed by atoms with Gasteiger partial charge in [0.05, 0.1) is 11.2 Å². The van der Waals surface area contributed by atoms with Crippen molar-refractivity contribution in [3.05, 3.63) is 50.4 Å². The van der Waals surface area contributed by atoms with Gasteiger partial charge in [-0.1, -0.05) is 28.1 Å². The Kier molecular flexibility index (Phi) is 5.54. The average molecular weight is 368 g/mol. The molecule has 0 aliphatic heterocycles. The Labute approximate surface area is 139 Å². The summed E-state index contributed by atoms with van der Waals surface area (Å²) >= 11 is 5.19. The minimum absolute atomic E-state index is 0.0652. The zero-order valence-corrected chi connectivity index (χ0v) is 15.2. The molecule has 0 spiro atoms. The second-order valence-electron chi connectivity index (χ2n) is 5.72. The molecule has 0 saturated heterocycles. The molecule has 2 aromatic rings. The van der Waals surface area contributed by atoms with Crippen LogP contribution >= 0.6 is 27.3 Å². The quantitative estimate of drug-likeness (QED) is 0.847. The lowest BCUT2D eigenvalue weighted by Gasteiger charge is -2.38. The molecule has 1 unspecified atom stereocenters. The van der Waals surface area contributed by atoms with E-state index in [1.165, 1.54) is 10.4 Å². The Balaban J connectivity index is 2.12. The fraction of sp³-hybridized carbons (Fsp3) is 0.438. The van der Waals surface area contributed by atoms with Crippen LogP contribution < -0.4 is 5.73 Å². The van der Waals surface area contributed by atoms with E-state index in [4.69, 9.17) is 5.73 Å². The Bertz CT molecular complexity index is 581. The third kappa shape index (κ3) is 4.13. The van der Waals surface area contributed by atoms with Gasteiger partial charge in [-0.25, -0.2) is 4.98 Å². The summed E-state index contributed by atoms with van der Waals surface area (Å²) in [5.41, 5.74) is 10.4. The van der Waals surface area contributed by atoms with Crippen LogP contribution in [0.2, 0.25) is 0 Å². The van der Waals surface area contributed by atoms with Gasteiger partial charge in [-0.15, -0.1) is 11.3 Å². The third-order valence-electron chi connectivity index (χ3n) is 4.09. The van der Waals surface area contributed by atoms with E-state index in [1.54, 1.807) is 11.3 Å². The monoisotopic (exact) mass is 367 g/mol. The minimum atomic E-state index is -0.0652. The topological polar surface area (TPSA) is 42.2 Å². The van der Waals surface area contributed by atoms with Crippen molar-refractivity contribution in [1.82, 2.24) is 9.88 Å². The van der Waals surface area contributed by atoms with Crippen molar-refractivity contribution in [3.8, 4) is 0 Å². The standard InChI is InChI=1S/C16H22BrN3S/c1-12-15(21-11-19-12)9-20(3)16(2,10-18)8-13-4-6-14(17)7-5-13/h4-7,11H,8-10,18H2,1-3H3. The molecule has 0 bridgehead atoms. The number of nitrogens with zero attached hydrogens (tertiary/aromatic N) is 2. The number of aryl methyl sites for hydroxylation is 1. The molecule has 0 amide bonds. The van der Waals surface area contributed by atoms with Crippen molar-refractivity contribution >= 4 is 27.3 Å². The molecule has 2 rings (SSSR count). The Morgan fingerprint density at radius 1 is 1.33 bits per heavy atom. The maximum Gasteiger partial charge on any atom is 0.0798 e. The number of hydrogen-bond acceptors (Lipinski definition) is 4. The molecule has 0 aliphatic carbocycles. The van der Waals surface area contributed by atoms with Gasteiger partial charge in [-0.05, 0) is 45.0 Å². The molecule has 0 saturated carbocycles. The van der Waals surface area contributed by atoms with Crippen molar-refractivity contribution in [2.75, 3.05) is 13.6 Å². The van der Waals surface area contributed by atoms with Gasteiger partial charge < -0.3 is 5.73 Å². The molecule has 3 nitrogen and oxygen atoms in total. The summed E-state index contributed by atoms with van der Waals surface area (Å²) in [7, 11) is 2.14. The van der Waals surface area contributed by atoms with Crippen molar-refractivity contribution < 1.29 is 0 Å². The van der Waals surface area contributed by atoms with E-state index >= 15 is 0 Å². The predicted octanol–water partition coefficient (Wildman–Crippen LogP) is 3.61. The number of benzene rings is 1. The molecule has 1 aromatic heterocycles. The Morgan fingerprint density at radius 3 is 2.52 bits per heavy atom. The van der Waals surface area contributed by atoms with E-state index < -0.39 is 0 Å². The Morgan fingerprint density at radius 2 is 2.00 bits per heavy atom. The number of rotatable bonds is 6. The smallest absolute Gasteiger partial charge is 0.0798 e. The van der Waals surface area contributed by atoms with Gasteiger partial charge in [-0.3, -0.25) is 4.90 Å². The molecule has 0 fully saturated rings. The number of aromatic nitrogens is 1. The summed E-state index contributed by atoms with van der Waals surface area (Å²) in [5.74, 6) is 0. The van der Waals surface area contributed by atoms with E-state index in [-0.39, 0.29) is 5.54 Å². The molecule has 1 atom stereocenters. The first-order valence-corrected chi connectivity index (χ1v) is 8.66. The van der Waals surface area contributed by atoms with Gasteiger partial charge in [0, 0.05) is 28.0 Å². The summed E-state index contributed by atoms with van der Waals surface area (Å²) in [6, 6.07) is 8.48. The molecule has 114 valence electrons. The highest BCUT2D eigenvalue weighted by Gasteiger charge is 2.28. The summed E-state index contributed by atoms with van der Waals surface area (Å²) < 4.78 is 1.11. The molecule has 21 heavy (non-hydrogen) atoms. The van der Waals surface area contributed by atoms with E-state index in [0.717, 1.165) is 23.1 Å². The first-order chi connectivity index (χ1) is 9.94. The molecule has 5 heteroatoms. The minimum Gasteiger partial charge on any atom is -0.329 e. The first kappa shape index (κ1) is 16.6. The maximum absolute atomic E-state index is 6.09. The van der Waals surface area contributed by atoms with E-state index in [1.807, 2.05) is 5.51 Å². The largest absolute Gasteiger partial charge is 0.329 e. The van der Waals surface area contributed by atoms with Crippen LogP contribution in [-0.4, -0.2) is 29.0 Å². The molecular formula is C16H22BrN3S. The number of hydrogen-bond donors (Lipinski definition) is 1. The molecule has 0 radical (unpaired) electrons. The predicted molar refractivity (Wildman–Crippen MR) is 93.6 cm³/mol. The van der Waals surface area contributed by atoms with Gasteiger partial charge in [0.25, 0.3) is 0 Å². The van der Waals surface area contributed by atoms with Crippen LogP contribution in [0, 0.1) is 6.92 Å². The van der Waals surface area contributed by atoms with Crippen LogP contribution in [-0.2, 0) is 13.0 Å². The number of thiazole rings is 1. The van der Waals surface area contributed by atoms with Gasteiger partial charge in [0.2, 0.25) is 0 Å². The van der Waals surface area contributed by atoms with Crippen LogP contribution in [0.4, 0.5) is 0 Å². The normalized spacial score (nSPS) is 14.4. The zero-order valence-electron chi connectivity index (χ0n) is 12.8. The SMILES string of the molecule is Cc1ncsc1CN(C)C(C)(CN)Cc1ccc(Br)cc1. The van der Waals surface area contributed by atoms with Crippen LogP contribution in [0.3, 0.4) is 0 Å². The van der Waals surface area contributed by atoms with Crippen LogP contribution in [0.25, 0.3) is 0 Å². The highest BCUT2D eigenvalue weighted by atomic mass is 79.9. The van der Waals surface area contributed by atoms with Gasteiger partial charge >= 0.3 is 0 Å². The van der Waals surface area contributed by atoms with Gasteiger partial charge in [-0.2, -0.15) is 0 Å². The maximum atomic E-state index is 6.09. The lowest BCUT2D eigenvalue weighted by atomic mass is 9.91. The summed E-state index contributed by atoms with van der Waals surface area (Å²) in [4.78, 5) is 7.98. The fourth-order valence-electron chi connectivity index (χ4n) is 2.29. The van der Waals surface area contributed by atoms with Crippen LogP contribution in [0.15, 0.2) is 34.2 Å². The lowest BCUT2D eigenvalue weighted by molar-refractivity contribution is 0.137. The number of halogens is 1. The zero-order chi connectivity index (χ0) is 15.5. The van der Waals surface area contributed by atoms with Crippen molar-refractivity contribution in [3.63, 3.8) is 0 Å². The average Bonchev–Trinajstić information content (AvgIpc) is 2.86. The van der Waals surface area contributed by atoms with Crippen molar-refractivity contribution in [2.24, 2.45) is 5.73 Å². The molecule has 2 N–H and O–H groups in total. The third-order valence-corrected chi connectivity index (χ3v) is 5.53. The number of nitrogens with two attached hydrogens (primary N) is 1. The van der Waals surface area contributed by atoms with Crippen LogP contribution in [0.1, 0.15) is 23.1 Å². The lowest BCUT2D eigenvalue weighted by Crippen LogP contribution is -2.50. The van der Waals surface area contributed by atoms with Crippen molar-refractivity contribution in [1.29, 1.82) is 0 Å². The van der Waals surface area contributed by atoms with E-state index in [2.05, 4.69) is 71.0 Å². The first-order valence-electron chi connectivity index (χ1n) is 6.99. The Hall–Kier alpha value is -0.750. The number of likely N-dealkylation sites (N-methyl/N-ethyl adjacent to an activating group) is 1. The highest BCUT2D eigenvalue weighted by Crippen LogP contribution is 2.24. The van der Waals surface area contributed by atoms with E-state index in [9.17, 15) is 0 Å². The summed E-state index contributed by atoms with van der Waals surface area (Å²) in [6.45, 7) is 5.80. The highest BCUT2D eigenvalue weighted by molar-refractivity contribution is 9.10. The molecule has 1 heterocycles. The molecule has 1 aromatic carbocycles. The van der Waals surface area contributed by atoms with Gasteiger partial charge in [0.1, 0.15) is 0 Å². The second-order valence-corrected chi connectivity index (χ2v) is 7.58. The summed E-state index contributed by atoms with van der Waals surface area (Å²) in [5, 5.41) is 0. The van der Waals surface area contributed by atoms with Gasteiger partial charge in [0.15, 0.2) is 0 Å². The van der Waals surface area contributed by atoms with Crippen LogP contribution in [0.5, 0.6) is 0 Å². The summed E-state index contributed by atoms with van der Waals surface area (Å²) in [6.07, 6.45) is 0.936. The molecule has 0 aliphatic rings. The van der Waals surface area contributed by atoms with E-state index in [0.29, 0.717) is 6.54 Å². The second kappa shape index (κ2) is 7.01. The fourth-order valence-corrected chi connectivity index (χ4v) is 3.38.